The molecule has 1 aliphatic heterocycles. The molecule has 1 aliphatic carbocycles. The third kappa shape index (κ3) is 2.03. The highest BCUT2D eigenvalue weighted by molar-refractivity contribution is 5.91. The van der Waals surface area contributed by atoms with Crippen molar-refractivity contribution in [1.29, 1.82) is 0 Å². The van der Waals surface area contributed by atoms with E-state index in [0.717, 1.165) is 37.1 Å². The first-order valence-corrected chi connectivity index (χ1v) is 6.81. The molecule has 102 valence electrons. The zero-order valence-electron chi connectivity index (χ0n) is 10.8. The zero-order valence-corrected chi connectivity index (χ0v) is 10.8. The van der Waals surface area contributed by atoms with E-state index in [1.165, 1.54) is 5.56 Å². The van der Waals surface area contributed by atoms with E-state index in [1.807, 2.05) is 18.2 Å². The summed E-state index contributed by atoms with van der Waals surface area (Å²) in [6.45, 7) is 0.956. The highest BCUT2D eigenvalue weighted by Gasteiger charge is 2.26. The molecular formula is C14H14N4O2. The van der Waals surface area contributed by atoms with Crippen LogP contribution >= 0.6 is 0 Å². The molecule has 1 aromatic carbocycles. The van der Waals surface area contributed by atoms with Crippen LogP contribution in [-0.4, -0.2) is 28.6 Å². The van der Waals surface area contributed by atoms with Crippen LogP contribution in [0.4, 0.5) is 5.69 Å². The van der Waals surface area contributed by atoms with Crippen LogP contribution in [0.2, 0.25) is 0 Å². The van der Waals surface area contributed by atoms with Crippen LogP contribution in [-0.2, 0) is 6.42 Å². The van der Waals surface area contributed by atoms with Crippen LogP contribution in [0.5, 0.6) is 0 Å². The van der Waals surface area contributed by atoms with Crippen LogP contribution in [0, 0.1) is 0 Å². The number of benzene rings is 1. The van der Waals surface area contributed by atoms with Crippen molar-refractivity contribution in [2.24, 2.45) is 0 Å². The second-order valence-corrected chi connectivity index (χ2v) is 5.22. The van der Waals surface area contributed by atoms with Gasteiger partial charge in [-0.2, -0.15) is 4.98 Å². The second-order valence-electron chi connectivity index (χ2n) is 5.22. The Morgan fingerprint density at radius 1 is 1.40 bits per heavy atom. The standard InChI is InChI=1S/C14H14N4O2/c19-13(16-10-2-3-10)12-17-14(20-18-12)9-1-4-11-8(7-9)5-6-15-11/h1,4,7,10,15H,2-3,5-6H2,(H,16,19). The predicted molar refractivity (Wildman–Crippen MR) is 72.4 cm³/mol. The number of carbonyl (C=O) groups excluding carboxylic acids is 1. The molecule has 0 atom stereocenters. The molecular weight excluding hydrogens is 256 g/mol. The summed E-state index contributed by atoms with van der Waals surface area (Å²) in [5, 5.41) is 9.90. The van der Waals surface area contributed by atoms with Gasteiger partial charge >= 0.3 is 0 Å². The molecule has 0 bridgehead atoms. The number of hydrogen-bond donors (Lipinski definition) is 2. The topological polar surface area (TPSA) is 80.0 Å². The number of aromatic nitrogens is 2. The van der Waals surface area contributed by atoms with Gasteiger partial charge in [-0.15, -0.1) is 0 Å². The number of amides is 1. The smallest absolute Gasteiger partial charge is 0.292 e. The van der Waals surface area contributed by atoms with E-state index in [1.54, 1.807) is 0 Å². The van der Waals surface area contributed by atoms with E-state index >= 15 is 0 Å². The molecule has 2 aliphatic rings. The van der Waals surface area contributed by atoms with Gasteiger partial charge in [0.2, 0.25) is 0 Å². The van der Waals surface area contributed by atoms with Crippen molar-refractivity contribution in [3.8, 4) is 11.5 Å². The fourth-order valence-corrected chi connectivity index (χ4v) is 2.35. The molecule has 0 spiro atoms. The molecule has 2 aromatic rings. The van der Waals surface area contributed by atoms with Gasteiger partial charge in [-0.25, -0.2) is 0 Å². The number of carbonyl (C=O) groups is 1. The molecule has 1 aromatic heterocycles. The maximum Gasteiger partial charge on any atom is 0.292 e. The Hall–Kier alpha value is -2.37. The van der Waals surface area contributed by atoms with Gasteiger partial charge in [0.05, 0.1) is 0 Å². The summed E-state index contributed by atoms with van der Waals surface area (Å²) in [6, 6.07) is 6.25. The molecule has 1 amide bonds. The van der Waals surface area contributed by atoms with Crippen LogP contribution in [0.25, 0.3) is 11.5 Å². The predicted octanol–water partition coefficient (Wildman–Crippen LogP) is 1.60. The lowest BCUT2D eigenvalue weighted by atomic mass is 10.1. The van der Waals surface area contributed by atoms with E-state index in [4.69, 9.17) is 4.52 Å². The van der Waals surface area contributed by atoms with Crippen LogP contribution in [0.3, 0.4) is 0 Å². The first-order valence-electron chi connectivity index (χ1n) is 6.81. The van der Waals surface area contributed by atoms with Gasteiger partial charge < -0.3 is 15.2 Å². The molecule has 1 saturated carbocycles. The lowest BCUT2D eigenvalue weighted by Gasteiger charge is -2.00. The maximum absolute atomic E-state index is 11.8. The minimum absolute atomic E-state index is 0.102. The fourth-order valence-electron chi connectivity index (χ4n) is 2.35. The van der Waals surface area contributed by atoms with Crippen molar-refractivity contribution in [3.05, 3.63) is 29.6 Å². The summed E-state index contributed by atoms with van der Waals surface area (Å²) in [4.78, 5) is 16.0. The summed E-state index contributed by atoms with van der Waals surface area (Å²) in [5.74, 6) is 0.233. The Bertz CT molecular complexity index is 676. The van der Waals surface area contributed by atoms with Crippen molar-refractivity contribution >= 4 is 11.6 Å². The third-order valence-electron chi connectivity index (χ3n) is 3.60. The monoisotopic (exact) mass is 270 g/mol. The summed E-state index contributed by atoms with van der Waals surface area (Å²) < 4.78 is 5.19. The normalized spacial score (nSPS) is 16.6. The number of anilines is 1. The minimum atomic E-state index is -0.259. The Kier molecular flexibility index (Phi) is 2.48. The molecule has 2 N–H and O–H groups in total. The zero-order chi connectivity index (χ0) is 13.5. The highest BCUT2D eigenvalue weighted by atomic mass is 16.5. The third-order valence-corrected chi connectivity index (χ3v) is 3.60. The van der Waals surface area contributed by atoms with Gasteiger partial charge in [-0.05, 0) is 43.0 Å². The van der Waals surface area contributed by atoms with Crippen molar-refractivity contribution in [1.82, 2.24) is 15.5 Å². The average Bonchev–Trinajstić information content (AvgIpc) is 2.96. The highest BCUT2D eigenvalue weighted by Crippen LogP contribution is 2.27. The lowest BCUT2D eigenvalue weighted by molar-refractivity contribution is 0.0937. The summed E-state index contributed by atoms with van der Waals surface area (Å²) in [6.07, 6.45) is 3.06. The summed E-state index contributed by atoms with van der Waals surface area (Å²) in [7, 11) is 0. The lowest BCUT2D eigenvalue weighted by Crippen LogP contribution is -2.26. The van der Waals surface area contributed by atoms with E-state index in [-0.39, 0.29) is 17.8 Å². The number of nitrogens with zero attached hydrogens (tertiary/aromatic N) is 2. The average molecular weight is 270 g/mol. The van der Waals surface area contributed by atoms with Gasteiger partial charge in [0.1, 0.15) is 0 Å². The Morgan fingerprint density at radius 3 is 3.15 bits per heavy atom. The SMILES string of the molecule is O=C(NC1CC1)c1noc(-c2ccc3c(c2)CCN3)n1. The molecule has 0 unspecified atom stereocenters. The summed E-state index contributed by atoms with van der Waals surface area (Å²) >= 11 is 0. The second kappa shape index (κ2) is 4.33. The minimum Gasteiger partial charge on any atom is -0.384 e. The molecule has 0 radical (unpaired) electrons. The van der Waals surface area contributed by atoms with Gasteiger partial charge in [0.25, 0.3) is 17.6 Å². The van der Waals surface area contributed by atoms with E-state index in [0.29, 0.717) is 5.89 Å². The molecule has 20 heavy (non-hydrogen) atoms. The number of fused-ring (bicyclic) bond motifs is 1. The van der Waals surface area contributed by atoms with E-state index < -0.39 is 0 Å². The summed E-state index contributed by atoms with van der Waals surface area (Å²) in [5.41, 5.74) is 3.25. The first-order chi connectivity index (χ1) is 9.79. The Morgan fingerprint density at radius 2 is 2.30 bits per heavy atom. The number of hydrogen-bond acceptors (Lipinski definition) is 5. The molecule has 1 fully saturated rings. The molecule has 2 heterocycles. The van der Waals surface area contributed by atoms with Crippen molar-refractivity contribution in [2.75, 3.05) is 11.9 Å². The van der Waals surface area contributed by atoms with Gasteiger partial charge in [-0.3, -0.25) is 4.79 Å². The van der Waals surface area contributed by atoms with Crippen molar-refractivity contribution < 1.29 is 9.32 Å². The quantitative estimate of drug-likeness (QED) is 0.885. The molecule has 0 saturated heterocycles. The van der Waals surface area contributed by atoms with Crippen molar-refractivity contribution in [3.63, 3.8) is 0 Å². The number of rotatable bonds is 3. The first kappa shape index (κ1) is 11.5. The Labute approximate surface area is 115 Å². The molecule has 6 heteroatoms. The van der Waals surface area contributed by atoms with Crippen LogP contribution < -0.4 is 10.6 Å². The Balaban J connectivity index is 1.59. The van der Waals surface area contributed by atoms with E-state index in [2.05, 4.69) is 20.8 Å². The van der Waals surface area contributed by atoms with Crippen LogP contribution in [0.1, 0.15) is 29.0 Å². The van der Waals surface area contributed by atoms with Crippen molar-refractivity contribution in [2.45, 2.75) is 25.3 Å². The van der Waals surface area contributed by atoms with Gasteiger partial charge in [0, 0.05) is 23.8 Å². The van der Waals surface area contributed by atoms with Gasteiger partial charge in [0.15, 0.2) is 0 Å². The maximum atomic E-state index is 11.8. The van der Waals surface area contributed by atoms with Crippen LogP contribution in [0.15, 0.2) is 22.7 Å². The van der Waals surface area contributed by atoms with E-state index in [9.17, 15) is 4.79 Å². The molecule has 6 nitrogen and oxygen atoms in total. The molecule has 4 rings (SSSR count). The number of nitrogens with one attached hydrogen (secondary N) is 2. The fraction of sp³-hybridized carbons (Fsp3) is 0.357. The largest absolute Gasteiger partial charge is 0.384 e. The van der Waals surface area contributed by atoms with Gasteiger partial charge in [-0.1, -0.05) is 5.16 Å².